The Kier molecular flexibility index (Phi) is 5.74. The minimum Gasteiger partial charge on any atom is -0.497 e. The fourth-order valence-electron chi connectivity index (χ4n) is 2.19. The molecule has 0 saturated heterocycles. The van der Waals surface area contributed by atoms with Crippen molar-refractivity contribution < 1.29 is 18.7 Å². The Hall–Kier alpha value is -2.36. The molecule has 4 heteroatoms. The third-order valence-corrected chi connectivity index (χ3v) is 3.43. The zero-order valence-corrected chi connectivity index (χ0v) is 13.6. The van der Waals surface area contributed by atoms with Crippen molar-refractivity contribution in [3.8, 4) is 22.6 Å². The van der Waals surface area contributed by atoms with Crippen LogP contribution in [0, 0.1) is 5.92 Å². The summed E-state index contributed by atoms with van der Waals surface area (Å²) in [4.78, 5) is 11.7. The second kappa shape index (κ2) is 7.77. The van der Waals surface area contributed by atoms with Crippen LogP contribution in [0.2, 0.25) is 0 Å². The fraction of sp³-hybridized carbons (Fsp3) is 0.316. The van der Waals surface area contributed by atoms with Gasteiger partial charge in [0.2, 0.25) is 0 Å². The highest BCUT2D eigenvalue weighted by Gasteiger charge is 2.20. The Bertz CT molecular complexity index is 633. The molecule has 0 aromatic heterocycles. The van der Waals surface area contributed by atoms with Crippen LogP contribution in [-0.4, -0.2) is 19.3 Å². The zero-order chi connectivity index (χ0) is 16.8. The Morgan fingerprint density at radius 3 is 1.87 bits per heavy atom. The number of alkyl halides is 1. The van der Waals surface area contributed by atoms with Crippen molar-refractivity contribution in [2.24, 2.45) is 5.92 Å². The second-order valence-corrected chi connectivity index (χ2v) is 5.77. The average Bonchev–Trinajstić information content (AvgIpc) is 2.55. The molecule has 3 nitrogen and oxygen atoms in total. The van der Waals surface area contributed by atoms with E-state index in [4.69, 9.17) is 9.47 Å². The van der Waals surface area contributed by atoms with Crippen LogP contribution in [0.1, 0.15) is 20.3 Å². The van der Waals surface area contributed by atoms with Crippen molar-refractivity contribution in [3.63, 3.8) is 0 Å². The van der Waals surface area contributed by atoms with Gasteiger partial charge in [0.05, 0.1) is 7.11 Å². The van der Waals surface area contributed by atoms with E-state index in [1.54, 1.807) is 19.2 Å². The SMILES string of the molecule is COc1ccc(-c2ccc(OC(=O)C(F)CC(C)C)cc2)cc1. The number of ether oxygens (including phenoxy) is 2. The summed E-state index contributed by atoms with van der Waals surface area (Å²) >= 11 is 0. The lowest BCUT2D eigenvalue weighted by molar-refractivity contribution is -0.140. The van der Waals surface area contributed by atoms with Crippen molar-refractivity contribution in [2.75, 3.05) is 7.11 Å². The standard InChI is InChI=1S/C19H21FO3/c1-13(2)12-18(20)19(21)23-17-10-6-15(7-11-17)14-4-8-16(22-3)9-5-14/h4-11,13,18H,12H2,1-3H3. The number of benzene rings is 2. The molecule has 2 rings (SSSR count). The van der Waals surface area contributed by atoms with E-state index in [-0.39, 0.29) is 12.3 Å². The van der Waals surface area contributed by atoms with Crippen molar-refractivity contribution >= 4 is 5.97 Å². The van der Waals surface area contributed by atoms with E-state index in [1.807, 2.05) is 50.2 Å². The number of rotatable bonds is 6. The first-order chi connectivity index (χ1) is 11.0. The highest BCUT2D eigenvalue weighted by atomic mass is 19.1. The normalized spacial score (nSPS) is 12.0. The van der Waals surface area contributed by atoms with Crippen LogP contribution < -0.4 is 9.47 Å². The maximum Gasteiger partial charge on any atom is 0.346 e. The van der Waals surface area contributed by atoms with Gasteiger partial charge in [-0.1, -0.05) is 38.1 Å². The lowest BCUT2D eigenvalue weighted by Crippen LogP contribution is -2.23. The zero-order valence-electron chi connectivity index (χ0n) is 13.6. The summed E-state index contributed by atoms with van der Waals surface area (Å²) in [6, 6.07) is 14.6. The lowest BCUT2D eigenvalue weighted by atomic mass is 10.1. The molecule has 122 valence electrons. The van der Waals surface area contributed by atoms with Gasteiger partial charge in [-0.05, 0) is 47.7 Å². The van der Waals surface area contributed by atoms with Gasteiger partial charge in [0.1, 0.15) is 11.5 Å². The molecular weight excluding hydrogens is 295 g/mol. The second-order valence-electron chi connectivity index (χ2n) is 5.77. The van der Waals surface area contributed by atoms with E-state index >= 15 is 0 Å². The molecule has 0 fully saturated rings. The van der Waals surface area contributed by atoms with E-state index in [0.29, 0.717) is 5.75 Å². The van der Waals surface area contributed by atoms with Gasteiger partial charge in [-0.15, -0.1) is 0 Å². The van der Waals surface area contributed by atoms with Gasteiger partial charge in [-0.2, -0.15) is 0 Å². The van der Waals surface area contributed by atoms with Gasteiger partial charge < -0.3 is 9.47 Å². The molecule has 1 atom stereocenters. The van der Waals surface area contributed by atoms with Crippen LogP contribution in [0.3, 0.4) is 0 Å². The number of halogens is 1. The molecule has 0 aliphatic carbocycles. The first-order valence-electron chi connectivity index (χ1n) is 7.60. The Balaban J connectivity index is 2.02. The molecule has 0 amide bonds. The molecule has 0 aliphatic heterocycles. The van der Waals surface area contributed by atoms with Crippen LogP contribution in [0.5, 0.6) is 11.5 Å². The smallest absolute Gasteiger partial charge is 0.346 e. The van der Waals surface area contributed by atoms with Gasteiger partial charge in [0.25, 0.3) is 0 Å². The minimum absolute atomic E-state index is 0.106. The summed E-state index contributed by atoms with van der Waals surface area (Å²) in [6.07, 6.45) is -1.42. The largest absolute Gasteiger partial charge is 0.497 e. The molecule has 1 unspecified atom stereocenters. The van der Waals surface area contributed by atoms with Crippen molar-refractivity contribution in [1.82, 2.24) is 0 Å². The van der Waals surface area contributed by atoms with Crippen LogP contribution in [0.4, 0.5) is 4.39 Å². The van der Waals surface area contributed by atoms with E-state index in [1.165, 1.54) is 0 Å². The van der Waals surface area contributed by atoms with Crippen LogP contribution in [0.25, 0.3) is 11.1 Å². The topological polar surface area (TPSA) is 35.5 Å². The molecular formula is C19H21FO3. The summed E-state index contributed by atoms with van der Waals surface area (Å²) in [5.74, 6) is 0.406. The summed E-state index contributed by atoms with van der Waals surface area (Å²) in [7, 11) is 1.62. The molecule has 0 heterocycles. The third kappa shape index (κ3) is 4.81. The summed E-state index contributed by atoms with van der Waals surface area (Å²) in [5.41, 5.74) is 2.00. The molecule has 0 N–H and O–H groups in total. The van der Waals surface area contributed by atoms with E-state index in [9.17, 15) is 9.18 Å². The number of carbonyl (C=O) groups excluding carboxylic acids is 1. The Morgan fingerprint density at radius 1 is 0.957 bits per heavy atom. The van der Waals surface area contributed by atoms with Crippen molar-refractivity contribution in [2.45, 2.75) is 26.4 Å². The molecule has 0 saturated carbocycles. The van der Waals surface area contributed by atoms with Crippen molar-refractivity contribution in [1.29, 1.82) is 0 Å². The predicted molar refractivity (Wildman–Crippen MR) is 88.4 cm³/mol. The average molecular weight is 316 g/mol. The highest BCUT2D eigenvalue weighted by Crippen LogP contribution is 2.25. The molecule has 23 heavy (non-hydrogen) atoms. The molecule has 2 aromatic carbocycles. The summed E-state index contributed by atoms with van der Waals surface area (Å²) < 4.78 is 23.9. The van der Waals surface area contributed by atoms with E-state index in [0.717, 1.165) is 16.9 Å². The van der Waals surface area contributed by atoms with Gasteiger partial charge in [-0.3, -0.25) is 0 Å². The first-order valence-corrected chi connectivity index (χ1v) is 7.60. The van der Waals surface area contributed by atoms with Crippen LogP contribution >= 0.6 is 0 Å². The van der Waals surface area contributed by atoms with Crippen LogP contribution in [0.15, 0.2) is 48.5 Å². The Morgan fingerprint density at radius 2 is 1.43 bits per heavy atom. The fourth-order valence-corrected chi connectivity index (χ4v) is 2.19. The summed E-state index contributed by atoms with van der Waals surface area (Å²) in [6.45, 7) is 3.73. The van der Waals surface area contributed by atoms with Crippen LogP contribution in [-0.2, 0) is 4.79 Å². The highest BCUT2D eigenvalue weighted by molar-refractivity contribution is 5.77. The minimum atomic E-state index is -1.59. The van der Waals surface area contributed by atoms with Gasteiger partial charge in [0.15, 0.2) is 6.17 Å². The third-order valence-electron chi connectivity index (χ3n) is 3.43. The number of carbonyl (C=O) groups is 1. The molecule has 0 bridgehead atoms. The monoisotopic (exact) mass is 316 g/mol. The number of hydrogen-bond donors (Lipinski definition) is 0. The maximum atomic E-state index is 13.7. The Labute approximate surface area is 136 Å². The van der Waals surface area contributed by atoms with E-state index < -0.39 is 12.1 Å². The molecule has 2 aromatic rings. The van der Waals surface area contributed by atoms with E-state index in [2.05, 4.69) is 0 Å². The lowest BCUT2D eigenvalue weighted by Gasteiger charge is -2.11. The number of hydrogen-bond acceptors (Lipinski definition) is 3. The maximum absolute atomic E-state index is 13.7. The molecule has 0 radical (unpaired) electrons. The first kappa shape index (κ1) is 17.0. The molecule has 0 aliphatic rings. The van der Waals surface area contributed by atoms with Gasteiger partial charge in [-0.25, -0.2) is 9.18 Å². The summed E-state index contributed by atoms with van der Waals surface area (Å²) in [5, 5.41) is 0. The quantitative estimate of drug-likeness (QED) is 0.575. The number of esters is 1. The predicted octanol–water partition coefficient (Wildman–Crippen LogP) is 4.65. The number of methoxy groups -OCH3 is 1. The molecule has 0 spiro atoms. The van der Waals surface area contributed by atoms with Crippen molar-refractivity contribution in [3.05, 3.63) is 48.5 Å². The van der Waals surface area contributed by atoms with Gasteiger partial charge >= 0.3 is 5.97 Å². The van der Waals surface area contributed by atoms with Gasteiger partial charge in [0, 0.05) is 0 Å².